The summed E-state index contributed by atoms with van der Waals surface area (Å²) < 4.78 is 0. The summed E-state index contributed by atoms with van der Waals surface area (Å²) in [6.45, 7) is 2.64. The molecule has 1 heterocycles. The molecule has 3 rings (SSSR count). The molecule has 0 amide bonds. The largest absolute Gasteiger partial charge is 0.316 e. The Balaban J connectivity index is 1.38. The zero-order valence-electron chi connectivity index (χ0n) is 11.3. The fourth-order valence-corrected chi connectivity index (χ4v) is 3.02. The Morgan fingerprint density at radius 3 is 2.89 bits per heavy atom. The lowest BCUT2D eigenvalue weighted by Crippen LogP contribution is -2.27. The molecule has 3 heteroatoms. The van der Waals surface area contributed by atoms with Crippen molar-refractivity contribution in [3.63, 3.8) is 0 Å². The average Bonchev–Trinajstić information content (AvgIpc) is 3.05. The second kappa shape index (κ2) is 5.85. The number of benzene rings is 1. The molecule has 1 saturated heterocycles. The van der Waals surface area contributed by atoms with Gasteiger partial charge in [-0.25, -0.2) is 0 Å². The number of carbonyl (C=O) groups excluding carboxylic acids is 1. The fraction of sp³-hybridized carbons (Fsp3) is 0.562. The molecule has 2 aliphatic rings. The fourth-order valence-electron chi connectivity index (χ4n) is 3.02. The van der Waals surface area contributed by atoms with Crippen LogP contribution in [0.4, 0.5) is 0 Å². The Morgan fingerprint density at radius 2 is 2.16 bits per heavy atom. The summed E-state index contributed by atoms with van der Waals surface area (Å²) >= 11 is 0. The van der Waals surface area contributed by atoms with Crippen molar-refractivity contribution in [2.45, 2.75) is 31.2 Å². The molecule has 2 N–H and O–H groups in total. The Hall–Kier alpha value is -1.19. The van der Waals surface area contributed by atoms with Crippen molar-refractivity contribution in [1.29, 1.82) is 0 Å². The normalized spacial score (nSPS) is 29.4. The minimum absolute atomic E-state index is 0.368. The van der Waals surface area contributed by atoms with Crippen LogP contribution in [0.5, 0.6) is 0 Å². The van der Waals surface area contributed by atoms with Gasteiger partial charge in [0.1, 0.15) is 5.78 Å². The molecule has 19 heavy (non-hydrogen) atoms. The highest BCUT2D eigenvalue weighted by Crippen LogP contribution is 2.40. The van der Waals surface area contributed by atoms with Gasteiger partial charge < -0.3 is 10.6 Å². The van der Waals surface area contributed by atoms with E-state index < -0.39 is 0 Å². The van der Waals surface area contributed by atoms with Crippen LogP contribution in [0.2, 0.25) is 0 Å². The molecule has 0 radical (unpaired) electrons. The molecule has 3 atom stereocenters. The number of hydrogen-bond donors (Lipinski definition) is 2. The van der Waals surface area contributed by atoms with Crippen LogP contribution in [0.1, 0.15) is 30.7 Å². The molecule has 2 fully saturated rings. The Kier molecular flexibility index (Phi) is 3.95. The summed E-state index contributed by atoms with van der Waals surface area (Å²) in [4.78, 5) is 11.9. The summed E-state index contributed by atoms with van der Waals surface area (Å²) in [5, 5.41) is 6.72. The third kappa shape index (κ3) is 3.43. The van der Waals surface area contributed by atoms with Gasteiger partial charge in [0.15, 0.2) is 0 Å². The smallest absolute Gasteiger partial charge is 0.146 e. The molecule has 1 aliphatic heterocycles. The summed E-state index contributed by atoms with van der Waals surface area (Å²) in [5.41, 5.74) is 1.40. The molecule has 1 aromatic rings. The van der Waals surface area contributed by atoms with Crippen molar-refractivity contribution in [3.05, 3.63) is 35.9 Å². The van der Waals surface area contributed by atoms with Gasteiger partial charge >= 0.3 is 0 Å². The highest BCUT2D eigenvalue weighted by Gasteiger charge is 2.37. The lowest BCUT2D eigenvalue weighted by Gasteiger charge is -2.08. The van der Waals surface area contributed by atoms with E-state index >= 15 is 0 Å². The van der Waals surface area contributed by atoms with E-state index in [0.29, 0.717) is 30.2 Å². The molecule has 1 aromatic carbocycles. The van der Waals surface area contributed by atoms with Crippen LogP contribution < -0.4 is 10.6 Å². The molecule has 0 aromatic heterocycles. The van der Waals surface area contributed by atoms with Gasteiger partial charge in [0.25, 0.3) is 0 Å². The van der Waals surface area contributed by atoms with Crippen molar-refractivity contribution in [3.8, 4) is 0 Å². The van der Waals surface area contributed by atoms with Gasteiger partial charge in [-0.2, -0.15) is 0 Å². The monoisotopic (exact) mass is 258 g/mol. The van der Waals surface area contributed by atoms with Crippen molar-refractivity contribution in [1.82, 2.24) is 10.6 Å². The van der Waals surface area contributed by atoms with Crippen LogP contribution in [0.15, 0.2) is 30.3 Å². The van der Waals surface area contributed by atoms with Gasteiger partial charge in [-0.3, -0.25) is 4.79 Å². The Labute approximate surface area is 114 Å². The molecule has 1 saturated carbocycles. The number of rotatable bonds is 6. The van der Waals surface area contributed by atoms with Crippen LogP contribution in [0, 0.1) is 5.92 Å². The maximum Gasteiger partial charge on any atom is 0.146 e. The van der Waals surface area contributed by atoms with E-state index in [2.05, 4.69) is 34.9 Å². The first kappa shape index (κ1) is 12.8. The van der Waals surface area contributed by atoms with Gasteiger partial charge in [-0.05, 0) is 37.4 Å². The van der Waals surface area contributed by atoms with E-state index in [4.69, 9.17) is 0 Å². The predicted molar refractivity (Wildman–Crippen MR) is 76.2 cm³/mol. The Morgan fingerprint density at radius 1 is 1.32 bits per heavy atom. The molecule has 1 aliphatic carbocycles. The molecule has 102 valence electrons. The number of nitrogens with one attached hydrogen (secondary N) is 2. The van der Waals surface area contributed by atoms with Crippen molar-refractivity contribution in [2.75, 3.05) is 19.6 Å². The molecular weight excluding hydrogens is 236 g/mol. The summed E-state index contributed by atoms with van der Waals surface area (Å²) in [6, 6.07) is 11.1. The second-order valence-electron chi connectivity index (χ2n) is 5.84. The summed E-state index contributed by atoms with van der Waals surface area (Å²) in [6.07, 6.45) is 3.06. The molecule has 0 spiro atoms. The zero-order chi connectivity index (χ0) is 13.1. The van der Waals surface area contributed by atoms with E-state index in [1.54, 1.807) is 0 Å². The highest BCUT2D eigenvalue weighted by molar-refractivity contribution is 5.80. The van der Waals surface area contributed by atoms with Gasteiger partial charge in [-0.1, -0.05) is 30.3 Å². The molecule has 2 unspecified atom stereocenters. The van der Waals surface area contributed by atoms with Crippen LogP contribution in [0.3, 0.4) is 0 Å². The highest BCUT2D eigenvalue weighted by atomic mass is 16.1. The summed E-state index contributed by atoms with van der Waals surface area (Å²) in [5.74, 6) is 1.55. The summed E-state index contributed by atoms with van der Waals surface area (Å²) in [7, 11) is 0. The maximum atomic E-state index is 11.9. The van der Waals surface area contributed by atoms with Gasteiger partial charge in [0.2, 0.25) is 0 Å². The average molecular weight is 258 g/mol. The lowest BCUT2D eigenvalue weighted by atomic mass is 10.0. The van der Waals surface area contributed by atoms with Gasteiger partial charge in [-0.15, -0.1) is 0 Å². The topological polar surface area (TPSA) is 41.1 Å². The zero-order valence-corrected chi connectivity index (χ0v) is 11.3. The van der Waals surface area contributed by atoms with E-state index in [-0.39, 0.29) is 0 Å². The van der Waals surface area contributed by atoms with Gasteiger partial charge in [0.05, 0.1) is 6.54 Å². The quantitative estimate of drug-likeness (QED) is 0.816. The number of Topliss-reactive ketones (excluding diaryl/α,β-unsaturated/α-hetero) is 1. The first-order chi connectivity index (χ1) is 9.33. The minimum Gasteiger partial charge on any atom is -0.316 e. The number of ketones is 1. The third-order valence-corrected chi connectivity index (χ3v) is 4.26. The molecule has 0 bridgehead atoms. The number of carbonyl (C=O) groups is 1. The van der Waals surface area contributed by atoms with Crippen molar-refractivity contribution in [2.24, 2.45) is 5.92 Å². The first-order valence-electron chi connectivity index (χ1n) is 7.33. The van der Waals surface area contributed by atoms with Crippen molar-refractivity contribution < 1.29 is 4.79 Å². The van der Waals surface area contributed by atoms with Crippen LogP contribution in [-0.4, -0.2) is 31.5 Å². The van der Waals surface area contributed by atoms with E-state index in [1.165, 1.54) is 12.0 Å². The Bertz CT molecular complexity index is 426. The van der Waals surface area contributed by atoms with E-state index in [0.717, 1.165) is 25.9 Å². The first-order valence-corrected chi connectivity index (χ1v) is 7.33. The van der Waals surface area contributed by atoms with Crippen molar-refractivity contribution >= 4 is 5.78 Å². The van der Waals surface area contributed by atoms with Crippen LogP contribution in [0.25, 0.3) is 0 Å². The third-order valence-electron chi connectivity index (χ3n) is 4.26. The lowest BCUT2D eigenvalue weighted by molar-refractivity contribution is -0.119. The van der Waals surface area contributed by atoms with Gasteiger partial charge in [0, 0.05) is 18.4 Å². The molecular formula is C16H22N2O. The maximum absolute atomic E-state index is 11.9. The van der Waals surface area contributed by atoms with Crippen LogP contribution in [-0.2, 0) is 4.79 Å². The standard InChI is InChI=1S/C16H22N2O/c19-14(8-12-6-7-17-10-12)11-18-16-9-15(16)13-4-2-1-3-5-13/h1-5,12,15-18H,6-11H2/t12-,15?,16?/m0/s1. The second-order valence-corrected chi connectivity index (χ2v) is 5.84. The predicted octanol–water partition coefficient (Wildman–Crippen LogP) is 1.70. The van der Waals surface area contributed by atoms with E-state index in [9.17, 15) is 4.79 Å². The van der Waals surface area contributed by atoms with E-state index in [1.807, 2.05) is 6.07 Å². The van der Waals surface area contributed by atoms with Crippen LogP contribution >= 0.6 is 0 Å². The number of hydrogen-bond acceptors (Lipinski definition) is 3. The molecule has 3 nitrogen and oxygen atoms in total. The minimum atomic E-state index is 0.368. The SMILES string of the molecule is O=C(CNC1CC1c1ccccc1)C[C@@H]1CCNC1.